The first kappa shape index (κ1) is 7.08. The second-order valence-electron chi connectivity index (χ2n) is 2.14. The van der Waals surface area contributed by atoms with Crippen LogP contribution in [0.3, 0.4) is 0 Å². The Kier molecular flexibility index (Phi) is 2.28. The number of rotatable bonds is 0. The van der Waals surface area contributed by atoms with Gasteiger partial charge in [-0.25, -0.2) is 15.2 Å². The first-order chi connectivity index (χ1) is 4.80. The Morgan fingerprint density at radius 2 is 2.50 bits per heavy atom. The number of hydrazine groups is 1. The van der Waals surface area contributed by atoms with Crippen LogP contribution in [0.5, 0.6) is 0 Å². The molecular weight excluding hydrogens is 130 g/mol. The quantitative estimate of drug-likeness (QED) is 0.505. The number of urea groups is 1. The highest BCUT2D eigenvalue weighted by atomic mass is 16.2. The van der Waals surface area contributed by atoms with Crippen molar-refractivity contribution in [3.8, 4) is 0 Å². The minimum Gasteiger partial charge on any atom is -0.350 e. The Hall–Kier alpha value is -1.03. The monoisotopic (exact) mass is 141 g/mol. The molecule has 0 saturated carbocycles. The molecule has 10 heavy (non-hydrogen) atoms. The molecule has 0 aromatic rings. The van der Waals surface area contributed by atoms with Crippen LogP contribution in [0.15, 0.2) is 12.3 Å². The van der Waals surface area contributed by atoms with Crippen molar-refractivity contribution in [2.75, 3.05) is 6.54 Å². The van der Waals surface area contributed by atoms with Crippen LogP contribution in [-0.4, -0.2) is 17.6 Å². The van der Waals surface area contributed by atoms with E-state index in [2.05, 4.69) is 5.43 Å². The zero-order valence-electron chi connectivity index (χ0n) is 5.71. The van der Waals surface area contributed by atoms with Gasteiger partial charge in [0.15, 0.2) is 0 Å². The van der Waals surface area contributed by atoms with Gasteiger partial charge in [-0.05, 0) is 12.8 Å². The highest BCUT2D eigenvalue weighted by molar-refractivity contribution is 5.72. The van der Waals surface area contributed by atoms with Crippen LogP contribution in [-0.2, 0) is 0 Å². The van der Waals surface area contributed by atoms with Crippen LogP contribution in [0.2, 0.25) is 0 Å². The number of nitrogens with one attached hydrogen (secondary N) is 1. The van der Waals surface area contributed by atoms with Crippen molar-refractivity contribution in [1.82, 2.24) is 10.4 Å². The predicted octanol–water partition coefficient (Wildman–Crippen LogP) is 0.179. The molecule has 56 valence electrons. The molecule has 2 amide bonds. The van der Waals surface area contributed by atoms with Gasteiger partial charge >= 0.3 is 6.03 Å². The summed E-state index contributed by atoms with van der Waals surface area (Å²) in [6.07, 6.45) is 5.62. The highest BCUT2D eigenvalue weighted by Gasteiger charge is 2.05. The van der Waals surface area contributed by atoms with Crippen molar-refractivity contribution in [2.45, 2.75) is 12.8 Å². The van der Waals surface area contributed by atoms with Gasteiger partial charge in [0.2, 0.25) is 0 Å². The van der Waals surface area contributed by atoms with E-state index in [0.29, 0.717) is 0 Å². The molecule has 0 spiro atoms. The maximum Gasteiger partial charge on any atom is 0.333 e. The first-order valence-electron chi connectivity index (χ1n) is 3.29. The first-order valence-corrected chi connectivity index (χ1v) is 3.29. The minimum atomic E-state index is -0.460. The molecule has 0 aromatic carbocycles. The smallest absolute Gasteiger partial charge is 0.333 e. The fourth-order valence-electron chi connectivity index (χ4n) is 0.803. The van der Waals surface area contributed by atoms with E-state index in [1.165, 1.54) is 5.01 Å². The van der Waals surface area contributed by atoms with E-state index < -0.39 is 6.03 Å². The average molecular weight is 141 g/mol. The maximum atomic E-state index is 10.5. The number of carbonyl (C=O) groups excluding carboxylic acids is 1. The fourth-order valence-corrected chi connectivity index (χ4v) is 0.803. The van der Waals surface area contributed by atoms with Crippen molar-refractivity contribution in [2.24, 2.45) is 5.73 Å². The molecule has 0 aromatic heterocycles. The number of nitrogens with zero attached hydrogens (tertiary/aromatic N) is 1. The Morgan fingerprint density at radius 3 is 3.20 bits per heavy atom. The van der Waals surface area contributed by atoms with E-state index in [0.717, 1.165) is 19.4 Å². The average Bonchev–Trinajstić information content (AvgIpc) is 2.12. The van der Waals surface area contributed by atoms with Gasteiger partial charge in [-0.3, -0.25) is 0 Å². The van der Waals surface area contributed by atoms with Crippen LogP contribution in [0.25, 0.3) is 0 Å². The van der Waals surface area contributed by atoms with Gasteiger partial charge in [0.1, 0.15) is 0 Å². The van der Waals surface area contributed by atoms with Gasteiger partial charge in [0.25, 0.3) is 0 Å². The highest BCUT2D eigenvalue weighted by Crippen LogP contribution is 1.96. The van der Waals surface area contributed by atoms with Crippen LogP contribution < -0.4 is 11.2 Å². The van der Waals surface area contributed by atoms with Gasteiger partial charge in [0, 0.05) is 12.7 Å². The number of primary amides is 1. The molecule has 0 saturated heterocycles. The zero-order chi connectivity index (χ0) is 7.40. The summed E-state index contributed by atoms with van der Waals surface area (Å²) in [5.41, 5.74) is 7.86. The van der Waals surface area contributed by atoms with Crippen LogP contribution in [0.1, 0.15) is 12.8 Å². The number of carbonyl (C=O) groups is 1. The molecule has 1 heterocycles. The van der Waals surface area contributed by atoms with Gasteiger partial charge in [-0.15, -0.1) is 0 Å². The lowest BCUT2D eigenvalue weighted by atomic mass is 10.3. The Labute approximate surface area is 59.6 Å². The molecule has 0 fully saturated rings. The maximum absolute atomic E-state index is 10.5. The van der Waals surface area contributed by atoms with Gasteiger partial charge in [0.05, 0.1) is 0 Å². The fraction of sp³-hybridized carbons (Fsp3) is 0.500. The number of amides is 2. The molecule has 0 atom stereocenters. The molecule has 0 radical (unpaired) electrons. The second-order valence-corrected chi connectivity index (χ2v) is 2.14. The molecule has 4 nitrogen and oxygen atoms in total. The Morgan fingerprint density at radius 1 is 1.70 bits per heavy atom. The van der Waals surface area contributed by atoms with Gasteiger partial charge < -0.3 is 5.73 Å². The summed E-state index contributed by atoms with van der Waals surface area (Å²) in [6.45, 7) is 0.802. The van der Waals surface area contributed by atoms with Crippen LogP contribution >= 0.6 is 0 Å². The molecular formula is C6H11N3O. The summed E-state index contributed by atoms with van der Waals surface area (Å²) in [4.78, 5) is 10.5. The van der Waals surface area contributed by atoms with Crippen LogP contribution in [0.4, 0.5) is 4.79 Å². The van der Waals surface area contributed by atoms with Gasteiger partial charge in [-0.2, -0.15) is 0 Å². The van der Waals surface area contributed by atoms with E-state index in [9.17, 15) is 4.79 Å². The SMILES string of the molecule is NC(=O)N1C=CCCCN1. The predicted molar refractivity (Wildman–Crippen MR) is 37.8 cm³/mol. The zero-order valence-corrected chi connectivity index (χ0v) is 5.71. The third-order valence-corrected chi connectivity index (χ3v) is 1.32. The van der Waals surface area contributed by atoms with Crippen molar-refractivity contribution in [3.63, 3.8) is 0 Å². The Balaban J connectivity index is 2.49. The minimum absolute atomic E-state index is 0.460. The topological polar surface area (TPSA) is 58.4 Å². The molecule has 3 N–H and O–H groups in total. The van der Waals surface area contributed by atoms with E-state index >= 15 is 0 Å². The lowest BCUT2D eigenvalue weighted by Gasteiger charge is -2.13. The molecule has 1 aliphatic heterocycles. The van der Waals surface area contributed by atoms with Gasteiger partial charge in [-0.1, -0.05) is 6.08 Å². The molecule has 0 bridgehead atoms. The molecule has 4 heteroatoms. The summed E-state index contributed by atoms with van der Waals surface area (Å²) in [6, 6.07) is -0.460. The summed E-state index contributed by atoms with van der Waals surface area (Å²) < 4.78 is 0. The van der Waals surface area contributed by atoms with E-state index in [4.69, 9.17) is 5.73 Å². The van der Waals surface area contributed by atoms with E-state index in [1.54, 1.807) is 6.20 Å². The third kappa shape index (κ3) is 1.73. The number of allylic oxidation sites excluding steroid dienone is 1. The molecule has 1 aliphatic rings. The number of nitrogens with two attached hydrogens (primary N) is 1. The third-order valence-electron chi connectivity index (χ3n) is 1.32. The normalized spacial score (nSPS) is 18.6. The van der Waals surface area contributed by atoms with E-state index in [-0.39, 0.29) is 0 Å². The summed E-state index contributed by atoms with van der Waals surface area (Å²) >= 11 is 0. The summed E-state index contributed by atoms with van der Waals surface area (Å²) in [7, 11) is 0. The standard InChI is InChI=1S/C6H11N3O/c7-6(10)9-5-3-1-2-4-8-9/h3,5,8H,1-2,4H2,(H2,7,10). The summed E-state index contributed by atoms with van der Waals surface area (Å²) in [5.74, 6) is 0. The second kappa shape index (κ2) is 3.22. The van der Waals surface area contributed by atoms with Crippen LogP contribution in [0, 0.1) is 0 Å². The van der Waals surface area contributed by atoms with E-state index in [1.807, 2.05) is 6.08 Å². The Bertz CT molecular complexity index is 155. The number of hydrogen-bond donors (Lipinski definition) is 2. The van der Waals surface area contributed by atoms with Crippen molar-refractivity contribution in [3.05, 3.63) is 12.3 Å². The lowest BCUT2D eigenvalue weighted by Crippen LogP contribution is -2.41. The largest absolute Gasteiger partial charge is 0.350 e. The van der Waals surface area contributed by atoms with Crippen molar-refractivity contribution >= 4 is 6.03 Å². The number of hydrogen-bond acceptors (Lipinski definition) is 2. The van der Waals surface area contributed by atoms with Crippen molar-refractivity contribution in [1.29, 1.82) is 0 Å². The van der Waals surface area contributed by atoms with Crippen molar-refractivity contribution < 1.29 is 4.79 Å². The molecule has 0 unspecified atom stereocenters. The lowest BCUT2D eigenvalue weighted by molar-refractivity contribution is 0.208. The molecule has 1 rings (SSSR count). The summed E-state index contributed by atoms with van der Waals surface area (Å²) in [5, 5.41) is 1.30. The molecule has 0 aliphatic carbocycles.